The Morgan fingerprint density at radius 1 is 1.24 bits per heavy atom. The van der Waals surface area contributed by atoms with Crippen molar-refractivity contribution in [2.75, 3.05) is 13.2 Å². The topological polar surface area (TPSA) is 49.4 Å². The Kier molecular flexibility index (Phi) is 5.31. The molecule has 2 unspecified atom stereocenters. The van der Waals surface area contributed by atoms with Crippen LogP contribution in [-0.4, -0.2) is 42.0 Å². The van der Waals surface area contributed by atoms with Crippen molar-refractivity contribution in [1.82, 2.24) is 10.2 Å². The van der Waals surface area contributed by atoms with Crippen LogP contribution in [0.3, 0.4) is 0 Å². The number of nitrogens with one attached hydrogen (secondary N) is 1. The van der Waals surface area contributed by atoms with Crippen LogP contribution in [0, 0.1) is 0 Å². The third-order valence-corrected chi connectivity index (χ3v) is 3.75. The van der Waals surface area contributed by atoms with E-state index in [0.717, 1.165) is 12.0 Å². The van der Waals surface area contributed by atoms with Crippen molar-refractivity contribution in [3.05, 3.63) is 35.9 Å². The maximum absolute atomic E-state index is 12.7. The van der Waals surface area contributed by atoms with E-state index in [9.17, 15) is 14.0 Å². The van der Waals surface area contributed by atoms with E-state index >= 15 is 0 Å². The van der Waals surface area contributed by atoms with E-state index in [1.807, 2.05) is 37.3 Å². The zero-order chi connectivity index (χ0) is 15.2. The summed E-state index contributed by atoms with van der Waals surface area (Å²) in [6.45, 7) is 1.31. The highest BCUT2D eigenvalue weighted by Gasteiger charge is 2.39. The summed E-state index contributed by atoms with van der Waals surface area (Å²) in [6.07, 6.45) is 1.78. The van der Waals surface area contributed by atoms with E-state index in [1.54, 1.807) is 0 Å². The van der Waals surface area contributed by atoms with Gasteiger partial charge in [-0.1, -0.05) is 43.7 Å². The predicted octanol–water partition coefficient (Wildman–Crippen LogP) is 1.69. The number of hydrogen-bond acceptors (Lipinski definition) is 2. The smallest absolute Gasteiger partial charge is 0.246 e. The van der Waals surface area contributed by atoms with Crippen LogP contribution in [0.5, 0.6) is 0 Å². The van der Waals surface area contributed by atoms with Crippen molar-refractivity contribution >= 4 is 11.8 Å². The Morgan fingerprint density at radius 3 is 2.57 bits per heavy atom. The first-order chi connectivity index (χ1) is 10.2. The molecular weight excluding hydrogens is 271 g/mol. The summed E-state index contributed by atoms with van der Waals surface area (Å²) in [5.74, 6) is -0.361. The lowest BCUT2D eigenvalue weighted by molar-refractivity contribution is -0.149. The zero-order valence-corrected chi connectivity index (χ0v) is 12.2. The summed E-state index contributed by atoms with van der Waals surface area (Å²) in [5.41, 5.74) is 0.977. The number of amides is 2. The van der Waals surface area contributed by atoms with Crippen LogP contribution in [0.25, 0.3) is 0 Å². The fourth-order valence-corrected chi connectivity index (χ4v) is 2.73. The van der Waals surface area contributed by atoms with Gasteiger partial charge in [-0.25, -0.2) is 4.39 Å². The maximum Gasteiger partial charge on any atom is 0.246 e. The molecule has 0 aliphatic carbocycles. The zero-order valence-electron chi connectivity index (χ0n) is 12.2. The molecule has 2 rings (SSSR count). The molecule has 0 saturated carbocycles. The van der Waals surface area contributed by atoms with E-state index in [-0.39, 0.29) is 18.4 Å². The molecule has 1 saturated heterocycles. The Morgan fingerprint density at radius 2 is 1.95 bits per heavy atom. The highest BCUT2D eigenvalue weighted by atomic mass is 19.1. The largest absolute Gasteiger partial charge is 0.342 e. The second kappa shape index (κ2) is 7.20. The van der Waals surface area contributed by atoms with Gasteiger partial charge in [-0.15, -0.1) is 0 Å². The van der Waals surface area contributed by atoms with Gasteiger partial charge in [0.15, 0.2) is 0 Å². The molecule has 1 aliphatic rings. The number of carbonyl (C=O) groups excluding carboxylic acids is 2. The second-order valence-corrected chi connectivity index (χ2v) is 5.28. The minimum absolute atomic E-state index is 0.0117. The van der Waals surface area contributed by atoms with Crippen LogP contribution in [0.2, 0.25) is 0 Å². The Labute approximate surface area is 124 Å². The molecule has 114 valence electrons. The van der Waals surface area contributed by atoms with Crippen molar-refractivity contribution in [2.24, 2.45) is 0 Å². The lowest BCUT2D eigenvalue weighted by Crippen LogP contribution is -2.64. The third kappa shape index (κ3) is 3.60. The number of rotatable bonds is 6. The normalized spacial score (nSPS) is 22.3. The predicted molar refractivity (Wildman–Crippen MR) is 78.5 cm³/mol. The van der Waals surface area contributed by atoms with Crippen molar-refractivity contribution in [3.8, 4) is 0 Å². The Hall–Kier alpha value is -1.91. The highest BCUT2D eigenvalue weighted by molar-refractivity contribution is 5.97. The molecule has 1 aromatic rings. The van der Waals surface area contributed by atoms with E-state index in [1.165, 1.54) is 4.90 Å². The van der Waals surface area contributed by atoms with Crippen LogP contribution >= 0.6 is 0 Å². The molecule has 1 heterocycles. The van der Waals surface area contributed by atoms with Crippen LogP contribution in [-0.2, 0) is 16.0 Å². The number of halogens is 1. The minimum Gasteiger partial charge on any atom is -0.342 e. The number of hydrogen-bond donors (Lipinski definition) is 1. The van der Waals surface area contributed by atoms with Crippen molar-refractivity contribution in [3.63, 3.8) is 0 Å². The quantitative estimate of drug-likeness (QED) is 0.867. The summed E-state index contributed by atoms with van der Waals surface area (Å²) in [7, 11) is 0. The second-order valence-electron chi connectivity index (χ2n) is 5.28. The number of benzene rings is 1. The maximum atomic E-state index is 12.7. The first-order valence-corrected chi connectivity index (χ1v) is 7.38. The number of piperazine rings is 1. The standard InChI is InChI=1S/C16H21FN2O2/c1-2-6-14-15(20)18-13(16(21)19(14)10-9-17)11-12-7-4-3-5-8-12/h3-5,7-8,13-14H,2,6,9-11H2,1H3,(H,18,20). The molecular formula is C16H21FN2O2. The van der Waals surface area contributed by atoms with Gasteiger partial charge in [0.25, 0.3) is 0 Å². The fourth-order valence-electron chi connectivity index (χ4n) is 2.73. The molecule has 5 heteroatoms. The molecule has 1 aromatic carbocycles. The fraction of sp³-hybridized carbons (Fsp3) is 0.500. The van der Waals surface area contributed by atoms with Crippen molar-refractivity contribution < 1.29 is 14.0 Å². The molecule has 2 amide bonds. The monoisotopic (exact) mass is 292 g/mol. The van der Waals surface area contributed by atoms with Gasteiger partial charge in [0.2, 0.25) is 11.8 Å². The average Bonchev–Trinajstić information content (AvgIpc) is 2.49. The SMILES string of the molecule is CCCC1C(=O)NC(Cc2ccccc2)C(=O)N1CCF. The molecule has 1 N–H and O–H groups in total. The first kappa shape index (κ1) is 15.5. The summed E-state index contributed by atoms with van der Waals surface area (Å²) in [5, 5.41) is 2.79. The van der Waals surface area contributed by atoms with E-state index in [4.69, 9.17) is 0 Å². The minimum atomic E-state index is -0.628. The molecule has 0 aromatic heterocycles. The third-order valence-electron chi connectivity index (χ3n) is 3.75. The average molecular weight is 292 g/mol. The van der Waals surface area contributed by atoms with Gasteiger partial charge in [-0.05, 0) is 12.0 Å². The van der Waals surface area contributed by atoms with Crippen LogP contribution < -0.4 is 5.32 Å². The van der Waals surface area contributed by atoms with Crippen LogP contribution in [0.1, 0.15) is 25.3 Å². The Balaban J connectivity index is 2.14. The van der Waals surface area contributed by atoms with E-state index in [2.05, 4.69) is 5.32 Å². The number of carbonyl (C=O) groups is 2. The molecule has 21 heavy (non-hydrogen) atoms. The molecule has 2 atom stereocenters. The Bertz CT molecular complexity index is 492. The summed E-state index contributed by atoms with van der Waals surface area (Å²) in [6, 6.07) is 8.38. The van der Waals surface area contributed by atoms with E-state index < -0.39 is 18.8 Å². The number of nitrogens with zero attached hydrogens (tertiary/aromatic N) is 1. The molecule has 0 bridgehead atoms. The lowest BCUT2D eigenvalue weighted by atomic mass is 9.98. The highest BCUT2D eigenvalue weighted by Crippen LogP contribution is 2.17. The van der Waals surface area contributed by atoms with Crippen LogP contribution in [0.4, 0.5) is 4.39 Å². The molecule has 4 nitrogen and oxygen atoms in total. The first-order valence-electron chi connectivity index (χ1n) is 7.38. The summed E-state index contributed by atoms with van der Waals surface area (Å²) >= 11 is 0. The van der Waals surface area contributed by atoms with Crippen molar-refractivity contribution in [2.45, 2.75) is 38.3 Å². The van der Waals surface area contributed by atoms with Gasteiger partial charge >= 0.3 is 0 Å². The molecule has 1 aliphatic heterocycles. The molecule has 0 spiro atoms. The summed E-state index contributed by atoms with van der Waals surface area (Å²) in [4.78, 5) is 26.1. The lowest BCUT2D eigenvalue weighted by Gasteiger charge is -2.38. The van der Waals surface area contributed by atoms with Gasteiger partial charge in [0.05, 0.1) is 0 Å². The van der Waals surface area contributed by atoms with Crippen molar-refractivity contribution in [1.29, 1.82) is 0 Å². The van der Waals surface area contributed by atoms with Gasteiger partial charge in [-0.3, -0.25) is 9.59 Å². The van der Waals surface area contributed by atoms with Gasteiger partial charge in [0.1, 0.15) is 18.8 Å². The van der Waals surface area contributed by atoms with Gasteiger partial charge < -0.3 is 10.2 Å². The van der Waals surface area contributed by atoms with Crippen LogP contribution in [0.15, 0.2) is 30.3 Å². The number of alkyl halides is 1. The van der Waals surface area contributed by atoms with Gasteiger partial charge in [0, 0.05) is 13.0 Å². The molecule has 1 fully saturated rings. The van der Waals surface area contributed by atoms with Gasteiger partial charge in [-0.2, -0.15) is 0 Å². The summed E-state index contributed by atoms with van der Waals surface area (Å²) < 4.78 is 12.7. The molecule has 0 radical (unpaired) electrons. The van der Waals surface area contributed by atoms with E-state index in [0.29, 0.717) is 12.8 Å².